The molecule has 1 N–H and O–H groups in total. The fourth-order valence-corrected chi connectivity index (χ4v) is 3.42. The second kappa shape index (κ2) is 7.01. The topological polar surface area (TPSA) is 70.8 Å². The van der Waals surface area contributed by atoms with Crippen LogP contribution in [0.3, 0.4) is 0 Å². The van der Waals surface area contributed by atoms with Crippen LogP contribution in [0.15, 0.2) is 18.5 Å². The van der Waals surface area contributed by atoms with Crippen LogP contribution in [0.4, 0.5) is 10.9 Å². The van der Waals surface area contributed by atoms with E-state index in [2.05, 4.69) is 56.0 Å². The van der Waals surface area contributed by atoms with Gasteiger partial charge in [0.25, 0.3) is 0 Å². The molecular weight excluding hydrogens is 336 g/mol. The molecule has 24 heavy (non-hydrogen) atoms. The maximum absolute atomic E-state index is 8.91. The highest BCUT2D eigenvalue weighted by atomic mass is 32.1. The lowest BCUT2D eigenvalue weighted by atomic mass is 9.95. The van der Waals surface area contributed by atoms with Gasteiger partial charge in [-0.15, -0.1) is 0 Å². The summed E-state index contributed by atoms with van der Waals surface area (Å²) in [7, 11) is 0.401. The lowest BCUT2D eigenvalue weighted by Gasteiger charge is -2.31. The van der Waals surface area contributed by atoms with Gasteiger partial charge in [0.2, 0.25) is 9.76 Å². The summed E-state index contributed by atoms with van der Waals surface area (Å²) in [6.07, 6.45) is 3.33. The van der Waals surface area contributed by atoms with Crippen molar-refractivity contribution in [3.05, 3.63) is 34.5 Å². The highest BCUT2D eigenvalue weighted by Gasteiger charge is 2.27. The zero-order valence-electron chi connectivity index (χ0n) is 14.9. The van der Waals surface area contributed by atoms with Crippen molar-refractivity contribution in [3.63, 3.8) is 0 Å². The van der Waals surface area contributed by atoms with Gasteiger partial charge in [0.05, 0.1) is 11.8 Å². The lowest BCUT2D eigenvalue weighted by molar-refractivity contribution is 0.109. The van der Waals surface area contributed by atoms with Crippen LogP contribution >= 0.6 is 11.3 Å². The van der Waals surface area contributed by atoms with E-state index in [1.54, 1.807) is 12.4 Å². The van der Waals surface area contributed by atoms with Crippen molar-refractivity contribution in [2.75, 3.05) is 5.32 Å². The molecule has 0 spiro atoms. The first-order valence-corrected chi connectivity index (χ1v) is 9.39. The van der Waals surface area contributed by atoms with E-state index in [-0.39, 0.29) is 5.04 Å². The van der Waals surface area contributed by atoms with Gasteiger partial charge in [-0.05, 0) is 43.0 Å². The smallest absolute Gasteiger partial charge is 0.236 e. The third-order valence-corrected chi connectivity index (χ3v) is 5.35. The molecule has 0 saturated heterocycles. The van der Waals surface area contributed by atoms with Crippen molar-refractivity contribution in [1.29, 1.82) is 5.26 Å². The zero-order chi connectivity index (χ0) is 18.0. The van der Waals surface area contributed by atoms with E-state index in [0.29, 0.717) is 19.8 Å². The summed E-state index contributed by atoms with van der Waals surface area (Å²) in [6.45, 7) is 12.7. The van der Waals surface area contributed by atoms with E-state index >= 15 is 0 Å². The first-order chi connectivity index (χ1) is 11.1. The standard InChI is InChI=1S/C17H22N4OSSi/c1-11-13(17(5,6)22-24-16(2,3)4)7-8-19-14(11)21-15-20-10-12(9-18)23-15/h7-8,10H,1-6H3,(H,19,20,21). The Morgan fingerprint density at radius 2 is 1.96 bits per heavy atom. The van der Waals surface area contributed by atoms with E-state index in [1.807, 2.05) is 13.0 Å². The second-order valence-corrected chi connectivity index (χ2v) is 10.0. The number of thiazole rings is 1. The van der Waals surface area contributed by atoms with Crippen LogP contribution < -0.4 is 5.32 Å². The van der Waals surface area contributed by atoms with Gasteiger partial charge in [-0.1, -0.05) is 32.1 Å². The summed E-state index contributed by atoms with van der Waals surface area (Å²) in [4.78, 5) is 9.18. The molecule has 2 heterocycles. The summed E-state index contributed by atoms with van der Waals surface area (Å²) in [5.74, 6) is 0.738. The minimum Gasteiger partial charge on any atom is -0.408 e. The van der Waals surface area contributed by atoms with E-state index < -0.39 is 5.60 Å². The molecule has 2 radical (unpaired) electrons. The van der Waals surface area contributed by atoms with Gasteiger partial charge in [-0.25, -0.2) is 9.97 Å². The highest BCUT2D eigenvalue weighted by molar-refractivity contribution is 7.16. The number of pyridine rings is 1. The molecule has 7 heteroatoms. The highest BCUT2D eigenvalue weighted by Crippen LogP contribution is 2.33. The molecule has 0 amide bonds. The van der Waals surface area contributed by atoms with Crippen LogP contribution in [0.2, 0.25) is 5.04 Å². The lowest BCUT2D eigenvalue weighted by Crippen LogP contribution is -2.28. The van der Waals surface area contributed by atoms with Crippen LogP contribution in [-0.4, -0.2) is 19.7 Å². The number of nitrogens with zero attached hydrogens (tertiary/aromatic N) is 3. The summed E-state index contributed by atoms with van der Waals surface area (Å²) >= 11 is 1.31. The van der Waals surface area contributed by atoms with E-state index in [4.69, 9.17) is 9.69 Å². The van der Waals surface area contributed by atoms with Gasteiger partial charge in [0.1, 0.15) is 16.8 Å². The minimum atomic E-state index is -0.407. The summed E-state index contributed by atoms with van der Waals surface area (Å²) in [6, 6.07) is 4.09. The van der Waals surface area contributed by atoms with Crippen LogP contribution in [0.1, 0.15) is 50.6 Å². The third-order valence-electron chi connectivity index (χ3n) is 3.31. The van der Waals surface area contributed by atoms with Crippen molar-refractivity contribution >= 4 is 32.0 Å². The zero-order valence-corrected chi connectivity index (χ0v) is 16.7. The van der Waals surface area contributed by atoms with Gasteiger partial charge in [-0.2, -0.15) is 5.26 Å². The molecule has 0 fully saturated rings. The van der Waals surface area contributed by atoms with Crippen molar-refractivity contribution < 1.29 is 4.43 Å². The molecule has 0 atom stereocenters. The van der Waals surface area contributed by atoms with Crippen LogP contribution in [-0.2, 0) is 10.0 Å². The number of hydrogen-bond acceptors (Lipinski definition) is 6. The van der Waals surface area contributed by atoms with Gasteiger partial charge in [0.15, 0.2) is 5.13 Å². The molecule has 0 unspecified atom stereocenters. The second-order valence-electron chi connectivity index (χ2n) is 7.06. The molecule has 0 bridgehead atoms. The molecule has 5 nitrogen and oxygen atoms in total. The normalized spacial score (nSPS) is 12.0. The Labute approximate surface area is 150 Å². The minimum absolute atomic E-state index is 0.133. The van der Waals surface area contributed by atoms with E-state index in [1.165, 1.54) is 11.3 Å². The Bertz CT molecular complexity index is 759. The van der Waals surface area contributed by atoms with Crippen molar-refractivity contribution in [2.45, 2.75) is 52.2 Å². The fraction of sp³-hybridized carbons (Fsp3) is 0.471. The number of nitrogens with one attached hydrogen (secondary N) is 1. The quantitative estimate of drug-likeness (QED) is 0.794. The Kier molecular flexibility index (Phi) is 5.43. The van der Waals surface area contributed by atoms with Gasteiger partial charge >= 0.3 is 0 Å². The molecule has 2 aromatic rings. The van der Waals surface area contributed by atoms with Crippen LogP contribution in [0.5, 0.6) is 0 Å². The Morgan fingerprint density at radius 3 is 2.54 bits per heavy atom. The fourth-order valence-electron chi connectivity index (χ4n) is 2.13. The van der Waals surface area contributed by atoms with Crippen LogP contribution in [0, 0.1) is 18.3 Å². The molecule has 0 aliphatic rings. The predicted molar refractivity (Wildman–Crippen MR) is 98.7 cm³/mol. The Balaban J connectivity index is 2.25. The molecular formula is C17H22N4OSSi. The third kappa shape index (κ3) is 4.63. The molecule has 0 aromatic carbocycles. The molecule has 2 aromatic heterocycles. The predicted octanol–water partition coefficient (Wildman–Crippen LogP) is 4.55. The number of rotatable bonds is 5. The SMILES string of the molecule is Cc1c(C(C)(C)O[Si]C(C)(C)C)ccnc1Nc1ncc(C#N)s1. The van der Waals surface area contributed by atoms with Gasteiger partial charge in [0, 0.05) is 6.20 Å². The summed E-state index contributed by atoms with van der Waals surface area (Å²) in [5.41, 5.74) is 1.71. The molecule has 126 valence electrons. The van der Waals surface area contributed by atoms with Gasteiger partial charge < -0.3 is 9.74 Å². The van der Waals surface area contributed by atoms with Crippen molar-refractivity contribution in [1.82, 2.24) is 9.97 Å². The monoisotopic (exact) mass is 358 g/mol. The molecule has 0 aliphatic heterocycles. The van der Waals surface area contributed by atoms with Gasteiger partial charge in [-0.3, -0.25) is 0 Å². The first-order valence-electron chi connectivity index (χ1n) is 7.66. The Morgan fingerprint density at radius 1 is 1.25 bits per heavy atom. The van der Waals surface area contributed by atoms with E-state index in [0.717, 1.165) is 16.9 Å². The number of nitriles is 1. The van der Waals surface area contributed by atoms with Crippen molar-refractivity contribution in [3.8, 4) is 6.07 Å². The maximum atomic E-state index is 8.91. The molecule has 0 aliphatic carbocycles. The van der Waals surface area contributed by atoms with Crippen LogP contribution in [0.25, 0.3) is 0 Å². The summed E-state index contributed by atoms with van der Waals surface area (Å²) in [5, 5.41) is 12.9. The number of hydrogen-bond donors (Lipinski definition) is 1. The number of aromatic nitrogens is 2. The largest absolute Gasteiger partial charge is 0.408 e. The average molecular weight is 359 g/mol. The van der Waals surface area contributed by atoms with Crippen molar-refractivity contribution in [2.24, 2.45) is 0 Å². The average Bonchev–Trinajstić information content (AvgIpc) is 2.94. The maximum Gasteiger partial charge on any atom is 0.236 e. The summed E-state index contributed by atoms with van der Waals surface area (Å²) < 4.78 is 6.20. The van der Waals surface area contributed by atoms with E-state index in [9.17, 15) is 0 Å². The molecule has 2 rings (SSSR count). The Hall–Kier alpha value is -1.75. The number of anilines is 2. The first kappa shape index (κ1) is 18.6. The molecule has 0 saturated carbocycles.